The Hall–Kier alpha value is -1.28. The van der Waals surface area contributed by atoms with Crippen molar-refractivity contribution in [1.82, 2.24) is 10.6 Å². The maximum Gasteiger partial charge on any atom is 0.191 e. The van der Waals surface area contributed by atoms with Gasteiger partial charge in [-0.2, -0.15) is 0 Å². The number of ether oxygens (including phenoxy) is 1. The molecule has 23 heavy (non-hydrogen) atoms. The van der Waals surface area contributed by atoms with Crippen molar-refractivity contribution in [3.8, 4) is 0 Å². The number of nitrogens with one attached hydrogen (secondary N) is 2. The van der Waals surface area contributed by atoms with E-state index in [0.717, 1.165) is 61.8 Å². The van der Waals surface area contributed by atoms with Crippen LogP contribution in [-0.2, 0) is 11.2 Å². The molecule has 5 nitrogen and oxygen atoms in total. The van der Waals surface area contributed by atoms with Crippen LogP contribution >= 0.6 is 24.0 Å². The summed E-state index contributed by atoms with van der Waals surface area (Å²) in [6, 6.07) is 10.2. The largest absolute Gasteiger partial charge is 0.461 e. The molecule has 0 aliphatic carbocycles. The van der Waals surface area contributed by atoms with Gasteiger partial charge >= 0.3 is 0 Å². The highest BCUT2D eigenvalue weighted by molar-refractivity contribution is 14.0. The Balaban J connectivity index is 0.00000264. The van der Waals surface area contributed by atoms with Crippen LogP contribution in [0.2, 0.25) is 0 Å². The molecule has 1 heterocycles. The summed E-state index contributed by atoms with van der Waals surface area (Å²) >= 11 is 0. The van der Waals surface area contributed by atoms with Gasteiger partial charge in [0, 0.05) is 45.2 Å². The average molecular weight is 431 g/mol. The molecule has 0 fully saturated rings. The van der Waals surface area contributed by atoms with Gasteiger partial charge in [-0.05, 0) is 25.5 Å². The summed E-state index contributed by atoms with van der Waals surface area (Å²) in [7, 11) is 1.71. The highest BCUT2D eigenvalue weighted by Gasteiger charge is 2.03. The summed E-state index contributed by atoms with van der Waals surface area (Å²) in [4.78, 5) is 4.51. The highest BCUT2D eigenvalue weighted by atomic mass is 127. The number of furan rings is 1. The van der Waals surface area contributed by atoms with Gasteiger partial charge in [-0.3, -0.25) is 4.99 Å². The van der Waals surface area contributed by atoms with E-state index in [9.17, 15) is 0 Å². The molecule has 0 amide bonds. The predicted octanol–water partition coefficient (Wildman–Crippen LogP) is 3.18. The third-order valence-electron chi connectivity index (χ3n) is 3.26. The van der Waals surface area contributed by atoms with Crippen LogP contribution in [0.1, 0.15) is 19.1 Å². The fraction of sp³-hybridized carbons (Fsp3) is 0.471. The van der Waals surface area contributed by atoms with Crippen LogP contribution in [0.5, 0.6) is 0 Å². The van der Waals surface area contributed by atoms with Crippen molar-refractivity contribution >= 4 is 40.9 Å². The van der Waals surface area contributed by atoms with Crippen LogP contribution in [0.15, 0.2) is 39.7 Å². The fourth-order valence-electron chi connectivity index (χ4n) is 2.21. The summed E-state index contributed by atoms with van der Waals surface area (Å²) in [5.41, 5.74) is 0.942. The van der Waals surface area contributed by atoms with Crippen LogP contribution in [0.25, 0.3) is 11.0 Å². The minimum absolute atomic E-state index is 0. The van der Waals surface area contributed by atoms with Crippen LogP contribution in [0, 0.1) is 0 Å². The minimum atomic E-state index is 0. The van der Waals surface area contributed by atoms with Crippen molar-refractivity contribution in [3.05, 3.63) is 36.1 Å². The number of rotatable bonds is 8. The molecule has 0 spiro atoms. The molecule has 0 atom stereocenters. The fourth-order valence-corrected chi connectivity index (χ4v) is 2.21. The standard InChI is InChI=1S/C17H25N3O2.HI/c1-3-18-17(19-10-6-12-21-2)20-11-9-15-13-14-7-4-5-8-16(14)22-15;/h4-5,7-8,13H,3,6,9-12H2,1-2H3,(H2,18,19,20);1H. The van der Waals surface area contributed by atoms with Gasteiger partial charge < -0.3 is 19.8 Å². The predicted molar refractivity (Wildman–Crippen MR) is 106 cm³/mol. The Labute approximate surface area is 154 Å². The number of fused-ring (bicyclic) bond motifs is 1. The van der Waals surface area contributed by atoms with Crippen LogP contribution in [-0.4, -0.2) is 39.3 Å². The topological polar surface area (TPSA) is 58.8 Å². The summed E-state index contributed by atoms with van der Waals surface area (Å²) in [6.07, 6.45) is 1.76. The van der Waals surface area contributed by atoms with Crippen LogP contribution in [0.3, 0.4) is 0 Å². The van der Waals surface area contributed by atoms with Gasteiger partial charge in [-0.25, -0.2) is 0 Å². The highest BCUT2D eigenvalue weighted by Crippen LogP contribution is 2.18. The lowest BCUT2D eigenvalue weighted by Gasteiger charge is -2.10. The quantitative estimate of drug-likeness (QED) is 0.292. The zero-order valence-electron chi connectivity index (χ0n) is 13.8. The molecule has 2 rings (SSSR count). The van der Waals surface area contributed by atoms with E-state index >= 15 is 0 Å². The van der Waals surface area contributed by atoms with Crippen molar-refractivity contribution in [3.63, 3.8) is 0 Å². The molecule has 2 aromatic rings. The molecule has 1 aromatic carbocycles. The Bertz CT molecular complexity index is 565. The second-order valence-corrected chi connectivity index (χ2v) is 5.03. The Morgan fingerprint density at radius 3 is 2.83 bits per heavy atom. The average Bonchev–Trinajstić information content (AvgIpc) is 2.94. The first-order valence-electron chi connectivity index (χ1n) is 7.82. The van der Waals surface area contributed by atoms with Gasteiger partial charge in [-0.1, -0.05) is 18.2 Å². The molecule has 0 radical (unpaired) electrons. The van der Waals surface area contributed by atoms with E-state index < -0.39 is 0 Å². The lowest BCUT2D eigenvalue weighted by Crippen LogP contribution is -2.38. The SMILES string of the molecule is CCNC(=NCCCOC)NCCc1cc2ccccc2o1.I. The van der Waals surface area contributed by atoms with Crippen molar-refractivity contribution in [1.29, 1.82) is 0 Å². The number of benzene rings is 1. The van der Waals surface area contributed by atoms with E-state index in [2.05, 4.69) is 34.7 Å². The molecule has 0 aliphatic rings. The molecule has 0 saturated heterocycles. The first-order chi connectivity index (χ1) is 10.8. The second kappa shape index (κ2) is 11.3. The summed E-state index contributed by atoms with van der Waals surface area (Å²) in [5.74, 6) is 1.83. The maximum absolute atomic E-state index is 5.81. The van der Waals surface area contributed by atoms with Crippen LogP contribution in [0.4, 0.5) is 0 Å². The van der Waals surface area contributed by atoms with Gasteiger partial charge in [0.15, 0.2) is 5.96 Å². The smallest absolute Gasteiger partial charge is 0.191 e. The molecule has 0 saturated carbocycles. The number of guanidine groups is 1. The van der Waals surface area contributed by atoms with Gasteiger partial charge in [0.2, 0.25) is 0 Å². The number of hydrogen-bond acceptors (Lipinski definition) is 3. The van der Waals surface area contributed by atoms with Crippen molar-refractivity contribution in [2.24, 2.45) is 4.99 Å². The summed E-state index contributed by atoms with van der Waals surface area (Å²) in [6.45, 7) is 5.19. The number of halogens is 1. The molecule has 0 unspecified atom stereocenters. The van der Waals surface area contributed by atoms with E-state index in [-0.39, 0.29) is 24.0 Å². The van der Waals surface area contributed by atoms with E-state index in [1.54, 1.807) is 7.11 Å². The summed E-state index contributed by atoms with van der Waals surface area (Å²) in [5, 5.41) is 7.72. The Kier molecular flexibility index (Phi) is 9.70. The monoisotopic (exact) mass is 431 g/mol. The first-order valence-corrected chi connectivity index (χ1v) is 7.82. The first kappa shape index (κ1) is 19.8. The molecular weight excluding hydrogens is 405 g/mol. The molecule has 2 N–H and O–H groups in total. The van der Waals surface area contributed by atoms with Gasteiger partial charge in [0.25, 0.3) is 0 Å². The number of methoxy groups -OCH3 is 1. The van der Waals surface area contributed by atoms with E-state index in [0.29, 0.717) is 0 Å². The third-order valence-corrected chi connectivity index (χ3v) is 3.26. The lowest BCUT2D eigenvalue weighted by atomic mass is 10.2. The molecule has 1 aromatic heterocycles. The molecule has 0 aliphatic heterocycles. The van der Waals surface area contributed by atoms with Crippen LogP contribution < -0.4 is 10.6 Å². The zero-order chi connectivity index (χ0) is 15.6. The van der Waals surface area contributed by atoms with Crippen molar-refractivity contribution in [2.45, 2.75) is 19.8 Å². The lowest BCUT2D eigenvalue weighted by molar-refractivity contribution is 0.197. The zero-order valence-corrected chi connectivity index (χ0v) is 16.1. The Morgan fingerprint density at radius 2 is 2.09 bits per heavy atom. The Morgan fingerprint density at radius 1 is 1.26 bits per heavy atom. The molecule has 0 bridgehead atoms. The van der Waals surface area contributed by atoms with E-state index in [4.69, 9.17) is 9.15 Å². The van der Waals surface area contributed by atoms with Crippen molar-refractivity contribution < 1.29 is 9.15 Å². The molecule has 128 valence electrons. The van der Waals surface area contributed by atoms with Gasteiger partial charge in [0.1, 0.15) is 11.3 Å². The number of hydrogen-bond donors (Lipinski definition) is 2. The molecule has 6 heteroatoms. The van der Waals surface area contributed by atoms with E-state index in [1.165, 1.54) is 0 Å². The van der Waals surface area contributed by atoms with Gasteiger partial charge in [0.05, 0.1) is 0 Å². The molecular formula is C17H26IN3O2. The van der Waals surface area contributed by atoms with Gasteiger partial charge in [-0.15, -0.1) is 24.0 Å². The second-order valence-electron chi connectivity index (χ2n) is 5.03. The number of aliphatic imine (C=N–C) groups is 1. The normalized spacial score (nSPS) is 11.3. The summed E-state index contributed by atoms with van der Waals surface area (Å²) < 4.78 is 10.8. The maximum atomic E-state index is 5.81. The van der Waals surface area contributed by atoms with Crippen molar-refractivity contribution in [2.75, 3.05) is 33.4 Å². The third kappa shape index (κ3) is 6.78. The minimum Gasteiger partial charge on any atom is -0.461 e. The number of para-hydroxylation sites is 1. The van der Waals surface area contributed by atoms with E-state index in [1.807, 2.05) is 18.2 Å². The number of nitrogens with zero attached hydrogens (tertiary/aromatic N) is 1.